The van der Waals surface area contributed by atoms with Crippen LogP contribution < -0.4 is 0 Å². The van der Waals surface area contributed by atoms with Crippen molar-refractivity contribution in [2.75, 3.05) is 13.1 Å². The summed E-state index contributed by atoms with van der Waals surface area (Å²) in [5, 5.41) is 8.67. The number of sulfonamides is 1. The van der Waals surface area contributed by atoms with Crippen LogP contribution in [0.4, 0.5) is 0 Å². The summed E-state index contributed by atoms with van der Waals surface area (Å²) in [6.07, 6.45) is 2.74. The van der Waals surface area contributed by atoms with Crippen LogP contribution in [0.15, 0.2) is 16.3 Å². The maximum absolute atomic E-state index is 12.3. The maximum Gasteiger partial charge on any atom is 0.308 e. The number of nitrogens with zero attached hydrogens (tertiary/aromatic N) is 1. The van der Waals surface area contributed by atoms with Crippen LogP contribution in [0.25, 0.3) is 0 Å². The number of hydrogen-bond donors (Lipinski definition) is 1. The largest absolute Gasteiger partial charge is 0.481 e. The standard InChI is InChI=1S/C11H15NO4S2/c13-10(14)8-9-4-5-11(17-9)18(15,16)12-6-2-1-3-7-12/h4-5H,1-3,6-8H2,(H,13,14). The van der Waals surface area contributed by atoms with E-state index < -0.39 is 16.0 Å². The Kier molecular flexibility index (Phi) is 4.04. The molecule has 1 aromatic heterocycles. The van der Waals surface area contributed by atoms with Crippen LogP contribution in [0.5, 0.6) is 0 Å². The highest BCUT2D eigenvalue weighted by Gasteiger charge is 2.27. The summed E-state index contributed by atoms with van der Waals surface area (Å²) in [5.41, 5.74) is 0. The zero-order valence-corrected chi connectivity index (χ0v) is 11.5. The van der Waals surface area contributed by atoms with Gasteiger partial charge in [-0.05, 0) is 25.0 Å². The normalized spacial score (nSPS) is 17.8. The first-order valence-corrected chi connectivity index (χ1v) is 8.06. The van der Waals surface area contributed by atoms with Crippen LogP contribution in [0, 0.1) is 0 Å². The molecule has 0 atom stereocenters. The van der Waals surface area contributed by atoms with Crippen molar-refractivity contribution in [2.45, 2.75) is 29.9 Å². The van der Waals surface area contributed by atoms with E-state index in [1.807, 2.05) is 0 Å². The Morgan fingerprint density at radius 2 is 1.94 bits per heavy atom. The van der Waals surface area contributed by atoms with Crippen molar-refractivity contribution in [3.05, 3.63) is 17.0 Å². The summed E-state index contributed by atoms with van der Waals surface area (Å²) in [5.74, 6) is -0.946. The van der Waals surface area contributed by atoms with Gasteiger partial charge in [-0.1, -0.05) is 6.42 Å². The zero-order valence-electron chi connectivity index (χ0n) is 9.83. The molecule has 5 nitrogen and oxygen atoms in total. The summed E-state index contributed by atoms with van der Waals surface area (Å²) in [7, 11) is -3.42. The summed E-state index contributed by atoms with van der Waals surface area (Å²) >= 11 is 1.05. The first-order chi connectivity index (χ1) is 8.50. The van der Waals surface area contributed by atoms with Crippen molar-refractivity contribution >= 4 is 27.3 Å². The second kappa shape index (κ2) is 5.38. The van der Waals surface area contributed by atoms with E-state index in [1.165, 1.54) is 10.4 Å². The molecule has 1 N–H and O–H groups in total. The lowest BCUT2D eigenvalue weighted by Gasteiger charge is -2.25. The minimum absolute atomic E-state index is 0.125. The smallest absolute Gasteiger partial charge is 0.308 e. The van der Waals surface area contributed by atoms with Gasteiger partial charge < -0.3 is 5.11 Å². The van der Waals surface area contributed by atoms with Crippen LogP contribution in [0.3, 0.4) is 0 Å². The van der Waals surface area contributed by atoms with E-state index in [0.717, 1.165) is 30.6 Å². The Labute approximate surface area is 110 Å². The maximum atomic E-state index is 12.3. The van der Waals surface area contributed by atoms with Gasteiger partial charge in [-0.3, -0.25) is 4.79 Å². The van der Waals surface area contributed by atoms with Crippen LogP contribution in [-0.4, -0.2) is 36.9 Å². The average Bonchev–Trinajstić information content (AvgIpc) is 2.78. The Bertz CT molecular complexity index is 529. The molecule has 0 unspecified atom stereocenters. The molecule has 1 aliphatic heterocycles. The Hall–Kier alpha value is -0.920. The van der Waals surface area contributed by atoms with Crippen molar-refractivity contribution in [1.29, 1.82) is 0 Å². The van der Waals surface area contributed by atoms with E-state index in [-0.39, 0.29) is 10.6 Å². The highest BCUT2D eigenvalue weighted by Crippen LogP contribution is 2.27. The van der Waals surface area contributed by atoms with E-state index in [2.05, 4.69) is 0 Å². The third-order valence-electron chi connectivity index (χ3n) is 2.87. The van der Waals surface area contributed by atoms with Gasteiger partial charge in [0.05, 0.1) is 6.42 Å². The third-order valence-corrected chi connectivity index (χ3v) is 6.32. The van der Waals surface area contributed by atoms with Gasteiger partial charge in [0, 0.05) is 18.0 Å². The minimum Gasteiger partial charge on any atom is -0.481 e. The topological polar surface area (TPSA) is 74.7 Å². The lowest BCUT2D eigenvalue weighted by Crippen LogP contribution is -2.35. The molecule has 1 aliphatic rings. The van der Waals surface area contributed by atoms with Crippen molar-refractivity contribution in [1.82, 2.24) is 4.31 Å². The Morgan fingerprint density at radius 3 is 2.56 bits per heavy atom. The molecule has 7 heteroatoms. The molecule has 0 saturated carbocycles. The molecule has 2 rings (SSSR count). The van der Waals surface area contributed by atoms with E-state index in [9.17, 15) is 13.2 Å². The van der Waals surface area contributed by atoms with Crippen LogP contribution >= 0.6 is 11.3 Å². The zero-order chi connectivity index (χ0) is 13.2. The van der Waals surface area contributed by atoms with Crippen molar-refractivity contribution in [3.63, 3.8) is 0 Å². The number of thiophene rings is 1. The van der Waals surface area contributed by atoms with Gasteiger partial charge >= 0.3 is 5.97 Å². The summed E-state index contributed by atoms with van der Waals surface area (Å²) in [4.78, 5) is 11.1. The fourth-order valence-corrected chi connectivity index (χ4v) is 4.99. The highest BCUT2D eigenvalue weighted by atomic mass is 32.2. The van der Waals surface area contributed by atoms with Gasteiger partial charge in [-0.25, -0.2) is 8.42 Å². The molecule has 1 fully saturated rings. The summed E-state index contributed by atoms with van der Waals surface area (Å²) in [6.45, 7) is 1.13. The molecular weight excluding hydrogens is 274 g/mol. The van der Waals surface area contributed by atoms with E-state index >= 15 is 0 Å². The van der Waals surface area contributed by atoms with Crippen LogP contribution in [-0.2, 0) is 21.2 Å². The van der Waals surface area contributed by atoms with Gasteiger partial charge in [-0.2, -0.15) is 4.31 Å². The lowest BCUT2D eigenvalue weighted by atomic mass is 10.2. The minimum atomic E-state index is -3.42. The molecule has 0 aromatic carbocycles. The monoisotopic (exact) mass is 289 g/mol. The number of aliphatic carboxylic acids is 1. The summed E-state index contributed by atoms with van der Waals surface area (Å²) < 4.78 is 26.3. The molecule has 0 bridgehead atoms. The predicted octanol–water partition coefficient (Wildman–Crippen LogP) is 1.55. The van der Waals surface area contributed by atoms with Crippen molar-refractivity contribution < 1.29 is 18.3 Å². The molecule has 0 aliphatic carbocycles. The molecule has 18 heavy (non-hydrogen) atoms. The molecule has 0 amide bonds. The molecule has 0 radical (unpaired) electrons. The summed E-state index contributed by atoms with van der Waals surface area (Å²) in [6, 6.07) is 3.09. The number of piperidine rings is 1. The van der Waals surface area contributed by atoms with Crippen LogP contribution in [0.1, 0.15) is 24.1 Å². The van der Waals surface area contributed by atoms with Gasteiger partial charge in [0.1, 0.15) is 4.21 Å². The second-order valence-corrected chi connectivity index (χ2v) is 7.59. The fraction of sp³-hybridized carbons (Fsp3) is 0.545. The molecule has 0 spiro atoms. The molecule has 2 heterocycles. The first-order valence-electron chi connectivity index (χ1n) is 5.81. The van der Waals surface area contributed by atoms with E-state index in [1.54, 1.807) is 6.07 Å². The Morgan fingerprint density at radius 1 is 1.28 bits per heavy atom. The highest BCUT2D eigenvalue weighted by molar-refractivity contribution is 7.91. The SMILES string of the molecule is O=C(O)Cc1ccc(S(=O)(=O)N2CCCCC2)s1. The molecular formula is C11H15NO4S2. The second-order valence-electron chi connectivity index (χ2n) is 4.26. The number of carboxylic acid groups (broad SMARTS) is 1. The number of carbonyl (C=O) groups is 1. The molecule has 1 aromatic rings. The third kappa shape index (κ3) is 2.90. The van der Waals surface area contributed by atoms with E-state index in [4.69, 9.17) is 5.11 Å². The number of carboxylic acids is 1. The number of rotatable bonds is 4. The lowest BCUT2D eigenvalue weighted by molar-refractivity contribution is -0.136. The van der Waals surface area contributed by atoms with E-state index in [0.29, 0.717) is 18.0 Å². The average molecular weight is 289 g/mol. The van der Waals surface area contributed by atoms with Crippen molar-refractivity contribution in [3.8, 4) is 0 Å². The number of hydrogen-bond acceptors (Lipinski definition) is 4. The molecule has 1 saturated heterocycles. The Balaban J connectivity index is 2.18. The van der Waals surface area contributed by atoms with Gasteiger partial charge in [0.25, 0.3) is 10.0 Å². The first kappa shape index (κ1) is 13.5. The van der Waals surface area contributed by atoms with Gasteiger partial charge in [0.2, 0.25) is 0 Å². The fourth-order valence-electron chi connectivity index (χ4n) is 1.97. The quantitative estimate of drug-likeness (QED) is 0.912. The van der Waals surface area contributed by atoms with Crippen molar-refractivity contribution in [2.24, 2.45) is 0 Å². The molecule has 100 valence electrons. The van der Waals surface area contributed by atoms with Gasteiger partial charge in [0.15, 0.2) is 0 Å². The van der Waals surface area contributed by atoms with Crippen LogP contribution in [0.2, 0.25) is 0 Å². The predicted molar refractivity (Wildman–Crippen MR) is 68.3 cm³/mol. The van der Waals surface area contributed by atoms with Gasteiger partial charge in [-0.15, -0.1) is 11.3 Å².